The lowest BCUT2D eigenvalue weighted by Crippen LogP contribution is -2.45. The third kappa shape index (κ3) is 4.98. The van der Waals surface area contributed by atoms with Crippen molar-refractivity contribution in [3.63, 3.8) is 0 Å². The normalized spacial score (nSPS) is 23.4. The second-order valence-electron chi connectivity index (χ2n) is 7.64. The van der Waals surface area contributed by atoms with Crippen LogP contribution in [0.1, 0.15) is 73.1 Å². The average molecular weight is 297 g/mol. The average Bonchev–Trinajstić information content (AvgIpc) is 2.46. The molecule has 0 aromatic heterocycles. The van der Waals surface area contributed by atoms with Crippen molar-refractivity contribution in [2.24, 2.45) is 17.3 Å². The molecule has 1 amide bonds. The molecule has 1 rings (SSSR count). The number of aliphatic hydroxyl groups is 1. The minimum atomic E-state index is 0.0690. The molecule has 3 nitrogen and oxygen atoms in total. The van der Waals surface area contributed by atoms with Gasteiger partial charge < -0.3 is 10.0 Å². The molecule has 0 spiro atoms. The van der Waals surface area contributed by atoms with E-state index in [0.29, 0.717) is 12.0 Å². The number of nitrogens with zero attached hydrogens (tertiary/aromatic N) is 1. The van der Waals surface area contributed by atoms with Crippen LogP contribution in [-0.2, 0) is 4.79 Å². The molecule has 21 heavy (non-hydrogen) atoms. The van der Waals surface area contributed by atoms with E-state index in [-0.39, 0.29) is 24.5 Å². The number of hydrogen-bond donors (Lipinski definition) is 1. The molecule has 1 N–H and O–H groups in total. The lowest BCUT2D eigenvalue weighted by Gasteiger charge is -2.39. The van der Waals surface area contributed by atoms with Gasteiger partial charge in [-0.2, -0.15) is 0 Å². The van der Waals surface area contributed by atoms with Crippen molar-refractivity contribution in [3.8, 4) is 0 Å². The summed E-state index contributed by atoms with van der Waals surface area (Å²) in [7, 11) is 0. The lowest BCUT2D eigenvalue weighted by atomic mass is 9.69. The summed E-state index contributed by atoms with van der Waals surface area (Å²) in [5, 5.41) is 9.28. The number of carbonyl (C=O) groups is 1. The standard InChI is InChI=1S/C18H35NO2/c1-6-16(7-2)19(12-13-20)17(21)14-8-10-15(11-9-14)18(3,4)5/h14-16,20H,6-13H2,1-5H3. The summed E-state index contributed by atoms with van der Waals surface area (Å²) in [5.74, 6) is 1.20. The van der Waals surface area contributed by atoms with Gasteiger partial charge in [-0.1, -0.05) is 34.6 Å². The maximum absolute atomic E-state index is 12.8. The van der Waals surface area contributed by atoms with Crippen LogP contribution in [0.15, 0.2) is 0 Å². The van der Waals surface area contributed by atoms with Crippen LogP contribution in [-0.4, -0.2) is 35.1 Å². The van der Waals surface area contributed by atoms with Gasteiger partial charge in [0.15, 0.2) is 0 Å². The molecular weight excluding hydrogens is 262 g/mol. The maximum atomic E-state index is 12.8. The molecule has 0 unspecified atom stereocenters. The Kier molecular flexibility index (Phi) is 7.19. The minimum Gasteiger partial charge on any atom is -0.395 e. The first-order valence-electron chi connectivity index (χ1n) is 8.76. The van der Waals surface area contributed by atoms with Crippen LogP contribution < -0.4 is 0 Å². The van der Waals surface area contributed by atoms with Crippen LogP contribution in [0.4, 0.5) is 0 Å². The van der Waals surface area contributed by atoms with Crippen molar-refractivity contribution >= 4 is 5.91 Å². The van der Waals surface area contributed by atoms with Crippen molar-refractivity contribution in [1.82, 2.24) is 4.90 Å². The van der Waals surface area contributed by atoms with E-state index in [1.165, 1.54) is 0 Å². The van der Waals surface area contributed by atoms with E-state index in [9.17, 15) is 9.90 Å². The molecule has 0 atom stereocenters. The highest BCUT2D eigenvalue weighted by Gasteiger charge is 2.35. The molecule has 124 valence electrons. The Morgan fingerprint density at radius 2 is 1.67 bits per heavy atom. The number of aliphatic hydroxyl groups excluding tert-OH is 1. The van der Waals surface area contributed by atoms with Gasteiger partial charge in [0, 0.05) is 18.5 Å². The highest BCUT2D eigenvalue weighted by Crippen LogP contribution is 2.40. The fourth-order valence-electron chi connectivity index (χ4n) is 3.75. The van der Waals surface area contributed by atoms with Gasteiger partial charge in [-0.05, 0) is 49.9 Å². The summed E-state index contributed by atoms with van der Waals surface area (Å²) < 4.78 is 0. The van der Waals surface area contributed by atoms with E-state index < -0.39 is 0 Å². The lowest BCUT2D eigenvalue weighted by molar-refractivity contribution is -0.140. The van der Waals surface area contributed by atoms with Crippen LogP contribution in [0.2, 0.25) is 0 Å². The van der Waals surface area contributed by atoms with Gasteiger partial charge in [0.1, 0.15) is 0 Å². The summed E-state index contributed by atoms with van der Waals surface area (Å²) in [6.07, 6.45) is 6.30. The van der Waals surface area contributed by atoms with E-state index in [4.69, 9.17) is 0 Å². The molecule has 0 aliphatic heterocycles. The third-order valence-corrected chi connectivity index (χ3v) is 5.31. The van der Waals surface area contributed by atoms with Crippen molar-refractivity contribution < 1.29 is 9.90 Å². The highest BCUT2D eigenvalue weighted by atomic mass is 16.3. The van der Waals surface area contributed by atoms with Crippen LogP contribution in [0.3, 0.4) is 0 Å². The summed E-state index contributed by atoms with van der Waals surface area (Å²) in [4.78, 5) is 14.8. The third-order valence-electron chi connectivity index (χ3n) is 5.31. The van der Waals surface area contributed by atoms with Gasteiger partial charge in [-0.3, -0.25) is 4.79 Å². The molecule has 1 aliphatic rings. The van der Waals surface area contributed by atoms with Gasteiger partial charge >= 0.3 is 0 Å². The molecule has 0 radical (unpaired) electrons. The summed E-state index contributed by atoms with van der Waals surface area (Å²) in [5.41, 5.74) is 0.355. The first kappa shape index (κ1) is 18.5. The first-order chi connectivity index (χ1) is 9.85. The smallest absolute Gasteiger partial charge is 0.226 e. The fourth-order valence-corrected chi connectivity index (χ4v) is 3.75. The minimum absolute atomic E-state index is 0.0690. The number of amides is 1. The van der Waals surface area contributed by atoms with E-state index in [0.717, 1.165) is 44.4 Å². The zero-order valence-electron chi connectivity index (χ0n) is 14.7. The van der Waals surface area contributed by atoms with Crippen LogP contribution in [0.5, 0.6) is 0 Å². The van der Waals surface area contributed by atoms with E-state index >= 15 is 0 Å². The largest absolute Gasteiger partial charge is 0.395 e. The molecule has 0 aromatic carbocycles. The van der Waals surface area contributed by atoms with Crippen LogP contribution >= 0.6 is 0 Å². The Labute approximate surface area is 131 Å². The summed E-state index contributed by atoms with van der Waals surface area (Å²) in [6.45, 7) is 11.7. The van der Waals surface area contributed by atoms with Gasteiger partial charge in [0.25, 0.3) is 0 Å². The fraction of sp³-hybridized carbons (Fsp3) is 0.944. The molecule has 0 saturated heterocycles. The van der Waals surface area contributed by atoms with Crippen molar-refractivity contribution in [1.29, 1.82) is 0 Å². The Morgan fingerprint density at radius 3 is 2.05 bits per heavy atom. The molecule has 1 fully saturated rings. The zero-order valence-corrected chi connectivity index (χ0v) is 14.7. The predicted octanol–water partition coefficient (Wildman–Crippen LogP) is 3.85. The van der Waals surface area contributed by atoms with Crippen LogP contribution in [0, 0.1) is 17.3 Å². The maximum Gasteiger partial charge on any atom is 0.226 e. The summed E-state index contributed by atoms with van der Waals surface area (Å²) >= 11 is 0. The molecular formula is C18H35NO2. The SMILES string of the molecule is CCC(CC)N(CCO)C(=O)C1CCC(C(C)(C)C)CC1. The monoisotopic (exact) mass is 297 g/mol. The molecule has 1 saturated carbocycles. The van der Waals surface area contributed by atoms with Gasteiger partial charge in [-0.15, -0.1) is 0 Å². The molecule has 0 bridgehead atoms. The molecule has 0 heterocycles. The second-order valence-corrected chi connectivity index (χ2v) is 7.64. The summed E-state index contributed by atoms with van der Waals surface area (Å²) in [6, 6.07) is 0.282. The predicted molar refractivity (Wildman–Crippen MR) is 88.1 cm³/mol. The second kappa shape index (κ2) is 8.17. The zero-order chi connectivity index (χ0) is 16.0. The Morgan fingerprint density at radius 1 is 1.14 bits per heavy atom. The number of carbonyl (C=O) groups excluding carboxylic acids is 1. The molecule has 3 heteroatoms. The van der Waals surface area contributed by atoms with E-state index in [1.807, 2.05) is 4.90 Å². The van der Waals surface area contributed by atoms with E-state index in [2.05, 4.69) is 34.6 Å². The Hall–Kier alpha value is -0.570. The molecule has 1 aliphatic carbocycles. The highest BCUT2D eigenvalue weighted by molar-refractivity contribution is 5.79. The molecule has 0 aromatic rings. The Bertz CT molecular complexity index is 310. The van der Waals surface area contributed by atoms with Crippen molar-refractivity contribution in [3.05, 3.63) is 0 Å². The van der Waals surface area contributed by atoms with Gasteiger partial charge in [0.05, 0.1) is 6.61 Å². The topological polar surface area (TPSA) is 40.5 Å². The quantitative estimate of drug-likeness (QED) is 0.809. The van der Waals surface area contributed by atoms with Crippen molar-refractivity contribution in [2.75, 3.05) is 13.2 Å². The van der Waals surface area contributed by atoms with Crippen LogP contribution in [0.25, 0.3) is 0 Å². The number of rotatable bonds is 6. The van der Waals surface area contributed by atoms with E-state index in [1.54, 1.807) is 0 Å². The first-order valence-corrected chi connectivity index (χ1v) is 8.76. The number of hydrogen-bond acceptors (Lipinski definition) is 2. The van der Waals surface area contributed by atoms with Gasteiger partial charge in [0.2, 0.25) is 5.91 Å². The Balaban J connectivity index is 2.65. The van der Waals surface area contributed by atoms with Crippen molar-refractivity contribution in [2.45, 2.75) is 79.2 Å². The van der Waals surface area contributed by atoms with Gasteiger partial charge in [-0.25, -0.2) is 0 Å².